The zero-order chi connectivity index (χ0) is 15.7. The molecule has 0 fully saturated rings. The van der Waals surface area contributed by atoms with E-state index in [1.165, 1.54) is 10.3 Å². The number of rotatable bonds is 1. The fraction of sp³-hybridized carbons (Fsp3) is 0.167. The maximum atomic E-state index is 6.23. The molecule has 0 spiro atoms. The van der Waals surface area contributed by atoms with E-state index in [4.69, 9.17) is 11.6 Å². The number of fused-ring (bicyclic) bond motifs is 1. The van der Waals surface area contributed by atoms with E-state index in [2.05, 4.69) is 51.1 Å². The van der Waals surface area contributed by atoms with Crippen LogP contribution in [-0.2, 0) is 0 Å². The smallest absolute Gasteiger partial charge is 0.0848 e. The Morgan fingerprint density at radius 1 is 1.23 bits per heavy atom. The highest BCUT2D eigenvalue weighted by Crippen LogP contribution is 2.36. The molecule has 1 nitrogen and oxygen atoms in total. The van der Waals surface area contributed by atoms with Crippen molar-refractivity contribution in [2.45, 2.75) is 13.8 Å². The van der Waals surface area contributed by atoms with Crippen molar-refractivity contribution >= 4 is 49.1 Å². The van der Waals surface area contributed by atoms with Crippen LogP contribution in [0, 0.1) is 25.7 Å². The van der Waals surface area contributed by atoms with Gasteiger partial charge in [0.25, 0.3) is 0 Å². The molecule has 0 radical (unpaired) electrons. The van der Waals surface area contributed by atoms with Gasteiger partial charge >= 0.3 is 0 Å². The fourth-order valence-corrected chi connectivity index (χ4v) is 3.76. The molecular weight excluding hydrogens is 378 g/mol. The highest BCUT2D eigenvalue weighted by molar-refractivity contribution is 9.09. The molecule has 2 heterocycles. The Labute approximate surface area is 147 Å². The Morgan fingerprint density at radius 3 is 2.82 bits per heavy atom. The van der Waals surface area contributed by atoms with Gasteiger partial charge < -0.3 is 0 Å². The van der Waals surface area contributed by atoms with Gasteiger partial charge in [-0.25, -0.2) is 0 Å². The molecule has 0 atom stereocenters. The quantitative estimate of drug-likeness (QED) is 0.368. The molecule has 2 aromatic heterocycles. The molecular formula is C18H13BrClNS. The number of alkyl halides is 1. The van der Waals surface area contributed by atoms with E-state index in [0.717, 1.165) is 32.9 Å². The molecule has 0 unspecified atom stereocenters. The third-order valence-electron chi connectivity index (χ3n) is 3.39. The highest BCUT2D eigenvalue weighted by atomic mass is 79.9. The van der Waals surface area contributed by atoms with Gasteiger partial charge in [0.1, 0.15) is 0 Å². The SMILES string of the molecule is Cc1cc(-c2cc(Cl)ccc2C#CCBr)c2scc(C)c2n1. The predicted octanol–water partition coefficient (Wildman–Crippen LogP) is 5.98. The molecule has 0 saturated heterocycles. The summed E-state index contributed by atoms with van der Waals surface area (Å²) in [5, 5.41) is 3.52. The van der Waals surface area contributed by atoms with Crippen LogP contribution in [0.2, 0.25) is 5.02 Å². The van der Waals surface area contributed by atoms with Crippen LogP contribution < -0.4 is 0 Å². The van der Waals surface area contributed by atoms with E-state index in [-0.39, 0.29) is 0 Å². The minimum atomic E-state index is 0.651. The van der Waals surface area contributed by atoms with Gasteiger partial charge in [0.15, 0.2) is 0 Å². The first-order valence-electron chi connectivity index (χ1n) is 6.80. The number of hydrogen-bond donors (Lipinski definition) is 0. The first-order chi connectivity index (χ1) is 10.6. The van der Waals surface area contributed by atoms with Crippen LogP contribution in [0.5, 0.6) is 0 Å². The van der Waals surface area contributed by atoms with Gasteiger partial charge in [0.05, 0.1) is 15.5 Å². The summed E-state index contributed by atoms with van der Waals surface area (Å²) >= 11 is 11.3. The zero-order valence-corrected chi connectivity index (χ0v) is 15.4. The van der Waals surface area contributed by atoms with Gasteiger partial charge in [-0.05, 0) is 49.1 Å². The molecule has 3 aromatic rings. The van der Waals surface area contributed by atoms with Crippen LogP contribution in [0.1, 0.15) is 16.8 Å². The second-order valence-corrected chi connectivity index (χ2v) is 6.91. The molecule has 1 aromatic carbocycles. The van der Waals surface area contributed by atoms with Crippen molar-refractivity contribution < 1.29 is 0 Å². The molecule has 0 aliphatic carbocycles. The first kappa shape index (κ1) is 15.6. The van der Waals surface area contributed by atoms with Crippen molar-refractivity contribution in [3.63, 3.8) is 0 Å². The van der Waals surface area contributed by atoms with E-state index in [9.17, 15) is 0 Å². The molecule has 110 valence electrons. The number of halogens is 2. The molecule has 0 bridgehead atoms. The van der Waals surface area contributed by atoms with Crippen molar-refractivity contribution in [2.24, 2.45) is 0 Å². The number of nitrogens with zero attached hydrogens (tertiary/aromatic N) is 1. The van der Waals surface area contributed by atoms with Crippen LogP contribution in [0.3, 0.4) is 0 Å². The average Bonchev–Trinajstić information content (AvgIpc) is 2.86. The van der Waals surface area contributed by atoms with Gasteiger partial charge in [0, 0.05) is 27.4 Å². The lowest BCUT2D eigenvalue weighted by molar-refractivity contribution is 1.25. The summed E-state index contributed by atoms with van der Waals surface area (Å²) in [6.07, 6.45) is 0. The number of benzene rings is 1. The largest absolute Gasteiger partial charge is 0.252 e. The third kappa shape index (κ3) is 2.92. The van der Waals surface area contributed by atoms with E-state index in [0.29, 0.717) is 5.33 Å². The first-order valence-corrected chi connectivity index (χ1v) is 9.18. The van der Waals surface area contributed by atoms with Crippen LogP contribution >= 0.6 is 38.9 Å². The van der Waals surface area contributed by atoms with Crippen molar-refractivity contribution in [3.8, 4) is 23.0 Å². The second kappa shape index (κ2) is 6.42. The predicted molar refractivity (Wildman–Crippen MR) is 100 cm³/mol. The average molecular weight is 391 g/mol. The lowest BCUT2D eigenvalue weighted by atomic mass is 9.99. The van der Waals surface area contributed by atoms with Crippen molar-refractivity contribution in [1.82, 2.24) is 4.98 Å². The summed E-state index contributed by atoms with van der Waals surface area (Å²) in [7, 11) is 0. The molecule has 0 amide bonds. The van der Waals surface area contributed by atoms with Crippen LogP contribution in [0.25, 0.3) is 21.3 Å². The van der Waals surface area contributed by atoms with Gasteiger partial charge in [-0.2, -0.15) is 0 Å². The van der Waals surface area contributed by atoms with Gasteiger partial charge in [-0.15, -0.1) is 11.3 Å². The molecule has 0 saturated carbocycles. The van der Waals surface area contributed by atoms with Gasteiger partial charge in [0.2, 0.25) is 0 Å². The minimum Gasteiger partial charge on any atom is -0.252 e. The lowest BCUT2D eigenvalue weighted by Gasteiger charge is -2.09. The number of hydrogen-bond acceptors (Lipinski definition) is 2. The number of aromatic nitrogens is 1. The zero-order valence-electron chi connectivity index (χ0n) is 12.2. The maximum Gasteiger partial charge on any atom is 0.0848 e. The Kier molecular flexibility index (Phi) is 4.54. The van der Waals surface area contributed by atoms with Gasteiger partial charge in [-0.3, -0.25) is 4.98 Å². The van der Waals surface area contributed by atoms with E-state index < -0.39 is 0 Å². The monoisotopic (exact) mass is 389 g/mol. The Bertz CT molecular complexity index is 918. The molecule has 0 aliphatic rings. The van der Waals surface area contributed by atoms with Crippen LogP contribution in [0.4, 0.5) is 0 Å². The fourth-order valence-electron chi connectivity index (χ4n) is 2.43. The number of thiophene rings is 1. The third-order valence-corrected chi connectivity index (χ3v) is 5.03. The summed E-state index contributed by atoms with van der Waals surface area (Å²) in [5.74, 6) is 6.28. The molecule has 3 rings (SSSR count). The number of pyridine rings is 1. The molecule has 0 N–H and O–H groups in total. The number of aryl methyl sites for hydroxylation is 2. The summed E-state index contributed by atoms with van der Waals surface area (Å²) in [4.78, 5) is 4.67. The standard InChI is InChI=1S/C18H13BrClNS/c1-11-10-22-18-16(8-12(2)21-17(11)18)15-9-14(20)6-5-13(15)4-3-7-19/h5-6,8-10H,7H2,1-2H3. The molecule has 4 heteroatoms. The normalized spacial score (nSPS) is 10.5. The maximum absolute atomic E-state index is 6.23. The summed E-state index contributed by atoms with van der Waals surface area (Å²) in [5.41, 5.74) is 6.49. The lowest BCUT2D eigenvalue weighted by Crippen LogP contribution is -1.90. The summed E-state index contributed by atoms with van der Waals surface area (Å²) in [6.45, 7) is 4.12. The summed E-state index contributed by atoms with van der Waals surface area (Å²) in [6, 6.07) is 7.97. The van der Waals surface area contributed by atoms with E-state index in [1.54, 1.807) is 11.3 Å². The van der Waals surface area contributed by atoms with Crippen molar-refractivity contribution in [2.75, 3.05) is 5.33 Å². The van der Waals surface area contributed by atoms with Crippen molar-refractivity contribution in [3.05, 3.63) is 51.5 Å². The molecule has 0 aliphatic heterocycles. The summed E-state index contributed by atoms with van der Waals surface area (Å²) < 4.78 is 1.19. The Balaban J connectivity index is 2.34. The van der Waals surface area contributed by atoms with Gasteiger partial charge in [-0.1, -0.05) is 39.4 Å². The Morgan fingerprint density at radius 2 is 2.05 bits per heavy atom. The van der Waals surface area contributed by atoms with Crippen LogP contribution in [0.15, 0.2) is 29.6 Å². The topological polar surface area (TPSA) is 12.9 Å². The molecule has 22 heavy (non-hydrogen) atoms. The van der Waals surface area contributed by atoms with Crippen LogP contribution in [-0.4, -0.2) is 10.3 Å². The van der Waals surface area contributed by atoms with E-state index >= 15 is 0 Å². The van der Waals surface area contributed by atoms with E-state index in [1.807, 2.05) is 25.1 Å². The van der Waals surface area contributed by atoms with Crippen molar-refractivity contribution in [1.29, 1.82) is 0 Å². The highest BCUT2D eigenvalue weighted by Gasteiger charge is 2.13. The second-order valence-electron chi connectivity index (χ2n) is 5.03. The Hall–Kier alpha value is -1.34. The minimum absolute atomic E-state index is 0.651.